The largest absolute Gasteiger partial charge is 0.281 e. The van der Waals surface area contributed by atoms with Crippen LogP contribution in [0.5, 0.6) is 0 Å². The van der Waals surface area contributed by atoms with Gasteiger partial charge in [0.1, 0.15) is 11.5 Å². The standard InChI is InChI=1S/C7H7F2N2/c1-2-6-10-4-3-5(11-6)7(8)9/h4,7H,2H2,1H3. The molecule has 1 aromatic heterocycles. The predicted octanol–water partition coefficient (Wildman–Crippen LogP) is 1.78. The maximum Gasteiger partial charge on any atom is 0.281 e. The van der Waals surface area contributed by atoms with Crippen LogP contribution in [0.1, 0.15) is 24.9 Å². The van der Waals surface area contributed by atoms with Crippen LogP contribution >= 0.6 is 0 Å². The Bertz CT molecular complexity index is 238. The Morgan fingerprint density at radius 1 is 1.64 bits per heavy atom. The van der Waals surface area contributed by atoms with Gasteiger partial charge in [-0.2, -0.15) is 0 Å². The second kappa shape index (κ2) is 3.37. The fraction of sp³-hybridized carbons (Fsp3) is 0.429. The molecule has 11 heavy (non-hydrogen) atoms. The minimum atomic E-state index is -2.55. The summed E-state index contributed by atoms with van der Waals surface area (Å²) in [5.41, 5.74) is -0.322. The van der Waals surface area contributed by atoms with Crippen molar-refractivity contribution in [1.29, 1.82) is 0 Å². The van der Waals surface area contributed by atoms with Gasteiger partial charge in [0, 0.05) is 18.7 Å². The number of nitrogens with zero attached hydrogens (tertiary/aromatic N) is 2. The van der Waals surface area contributed by atoms with Gasteiger partial charge in [0.15, 0.2) is 0 Å². The van der Waals surface area contributed by atoms with Gasteiger partial charge in [0.25, 0.3) is 6.43 Å². The molecule has 0 fully saturated rings. The molecule has 1 rings (SSSR count). The summed E-state index contributed by atoms with van der Waals surface area (Å²) in [6, 6.07) is 2.27. The van der Waals surface area contributed by atoms with Crippen molar-refractivity contribution in [1.82, 2.24) is 9.97 Å². The molecule has 0 saturated carbocycles. The second-order valence-electron chi connectivity index (χ2n) is 1.97. The fourth-order valence-corrected chi connectivity index (χ4v) is 0.655. The minimum absolute atomic E-state index is 0.322. The molecule has 0 aliphatic carbocycles. The summed E-state index contributed by atoms with van der Waals surface area (Å²) in [6.45, 7) is 1.81. The molecule has 0 saturated heterocycles. The summed E-state index contributed by atoms with van der Waals surface area (Å²) >= 11 is 0. The van der Waals surface area contributed by atoms with E-state index in [0.717, 1.165) is 0 Å². The highest BCUT2D eigenvalue weighted by molar-refractivity contribution is 5.01. The van der Waals surface area contributed by atoms with E-state index in [-0.39, 0.29) is 5.69 Å². The lowest BCUT2D eigenvalue weighted by Crippen LogP contribution is -1.97. The SMILES string of the molecule is CCc1nc[c]c(C(F)F)n1. The van der Waals surface area contributed by atoms with Gasteiger partial charge in [0.05, 0.1) is 0 Å². The van der Waals surface area contributed by atoms with Crippen LogP contribution in [0.25, 0.3) is 0 Å². The van der Waals surface area contributed by atoms with Crippen molar-refractivity contribution >= 4 is 0 Å². The highest BCUT2D eigenvalue weighted by atomic mass is 19.3. The monoisotopic (exact) mass is 157 g/mol. The molecule has 4 heteroatoms. The summed E-state index contributed by atoms with van der Waals surface area (Å²) in [5.74, 6) is 0.430. The normalized spacial score (nSPS) is 10.5. The molecule has 0 aliphatic rings. The first kappa shape index (κ1) is 8.04. The van der Waals surface area contributed by atoms with Gasteiger partial charge in [0.2, 0.25) is 0 Å². The van der Waals surface area contributed by atoms with Crippen molar-refractivity contribution in [3.05, 3.63) is 23.8 Å². The summed E-state index contributed by atoms with van der Waals surface area (Å²) in [7, 11) is 0. The van der Waals surface area contributed by atoms with Crippen LogP contribution in [0.15, 0.2) is 6.20 Å². The zero-order chi connectivity index (χ0) is 8.27. The molecule has 1 radical (unpaired) electrons. The van der Waals surface area contributed by atoms with Crippen LogP contribution in [0.3, 0.4) is 0 Å². The van der Waals surface area contributed by atoms with E-state index in [9.17, 15) is 8.78 Å². The molecule has 0 amide bonds. The van der Waals surface area contributed by atoms with Gasteiger partial charge >= 0.3 is 0 Å². The summed E-state index contributed by atoms with van der Waals surface area (Å²) in [6.07, 6.45) is -0.759. The van der Waals surface area contributed by atoms with Gasteiger partial charge in [-0.25, -0.2) is 18.7 Å². The maximum absolute atomic E-state index is 12.0. The molecule has 59 valence electrons. The first-order valence-corrected chi connectivity index (χ1v) is 3.25. The first-order chi connectivity index (χ1) is 5.24. The third-order valence-electron chi connectivity index (χ3n) is 1.20. The van der Waals surface area contributed by atoms with E-state index >= 15 is 0 Å². The van der Waals surface area contributed by atoms with E-state index in [0.29, 0.717) is 12.2 Å². The predicted molar refractivity (Wildman–Crippen MR) is 35.2 cm³/mol. The Hall–Kier alpha value is -1.06. The van der Waals surface area contributed by atoms with Crippen molar-refractivity contribution in [2.75, 3.05) is 0 Å². The third kappa shape index (κ3) is 1.93. The van der Waals surface area contributed by atoms with Crippen LogP contribution in [0.2, 0.25) is 0 Å². The number of aromatic nitrogens is 2. The van der Waals surface area contributed by atoms with E-state index in [1.807, 2.05) is 6.92 Å². The molecule has 0 unspecified atom stereocenters. The van der Waals surface area contributed by atoms with Gasteiger partial charge in [-0.3, -0.25) is 0 Å². The Labute approximate surface area is 63.3 Å². The minimum Gasteiger partial charge on any atom is -0.241 e. The molecular weight excluding hydrogens is 150 g/mol. The smallest absolute Gasteiger partial charge is 0.241 e. The fourth-order valence-electron chi connectivity index (χ4n) is 0.655. The molecule has 0 spiro atoms. The summed E-state index contributed by atoms with van der Waals surface area (Å²) in [4.78, 5) is 7.31. The van der Waals surface area contributed by atoms with E-state index in [1.54, 1.807) is 0 Å². The quantitative estimate of drug-likeness (QED) is 0.653. The Kier molecular flexibility index (Phi) is 2.46. The molecule has 0 bridgehead atoms. The van der Waals surface area contributed by atoms with Gasteiger partial charge in [-0.05, 0) is 0 Å². The topological polar surface area (TPSA) is 25.8 Å². The number of alkyl halides is 2. The Balaban J connectivity index is 2.91. The van der Waals surface area contributed by atoms with Crippen molar-refractivity contribution < 1.29 is 8.78 Å². The molecule has 0 aliphatic heterocycles. The highest BCUT2D eigenvalue weighted by Crippen LogP contribution is 2.14. The Morgan fingerprint density at radius 3 is 2.91 bits per heavy atom. The number of halogens is 2. The Morgan fingerprint density at radius 2 is 2.36 bits per heavy atom. The average molecular weight is 157 g/mol. The average Bonchev–Trinajstić information content (AvgIpc) is 2.05. The maximum atomic E-state index is 12.0. The number of hydrogen-bond donors (Lipinski definition) is 0. The van der Waals surface area contributed by atoms with E-state index < -0.39 is 6.43 Å². The first-order valence-electron chi connectivity index (χ1n) is 3.25. The highest BCUT2D eigenvalue weighted by Gasteiger charge is 2.08. The number of aryl methyl sites for hydroxylation is 1. The third-order valence-corrected chi connectivity index (χ3v) is 1.20. The zero-order valence-electron chi connectivity index (χ0n) is 6.01. The van der Waals surface area contributed by atoms with Crippen LogP contribution in [-0.4, -0.2) is 9.97 Å². The number of hydrogen-bond acceptors (Lipinski definition) is 2. The van der Waals surface area contributed by atoms with Crippen molar-refractivity contribution in [2.24, 2.45) is 0 Å². The molecule has 0 aromatic carbocycles. The summed E-state index contributed by atoms with van der Waals surface area (Å²) < 4.78 is 23.9. The zero-order valence-corrected chi connectivity index (χ0v) is 6.01. The van der Waals surface area contributed by atoms with E-state index in [1.165, 1.54) is 6.20 Å². The van der Waals surface area contributed by atoms with Gasteiger partial charge in [-0.15, -0.1) is 0 Å². The van der Waals surface area contributed by atoms with Crippen molar-refractivity contribution in [2.45, 2.75) is 19.8 Å². The lowest BCUT2D eigenvalue weighted by molar-refractivity contribution is 0.145. The molecule has 0 N–H and O–H groups in total. The van der Waals surface area contributed by atoms with E-state index in [2.05, 4.69) is 16.0 Å². The molecule has 1 heterocycles. The molecular formula is C7H7F2N2. The molecule has 1 aromatic rings. The lowest BCUT2D eigenvalue weighted by atomic mass is 10.4. The second-order valence-corrected chi connectivity index (χ2v) is 1.97. The number of rotatable bonds is 2. The van der Waals surface area contributed by atoms with Gasteiger partial charge in [-0.1, -0.05) is 6.92 Å². The van der Waals surface area contributed by atoms with Crippen LogP contribution in [-0.2, 0) is 6.42 Å². The summed E-state index contributed by atoms with van der Waals surface area (Å²) in [5, 5.41) is 0. The van der Waals surface area contributed by atoms with Crippen LogP contribution < -0.4 is 0 Å². The van der Waals surface area contributed by atoms with Gasteiger partial charge < -0.3 is 0 Å². The lowest BCUT2D eigenvalue weighted by Gasteiger charge is -1.98. The molecule has 0 atom stereocenters. The van der Waals surface area contributed by atoms with E-state index in [4.69, 9.17) is 0 Å². The van der Waals surface area contributed by atoms with Crippen LogP contribution in [0.4, 0.5) is 8.78 Å². The van der Waals surface area contributed by atoms with Crippen molar-refractivity contribution in [3.8, 4) is 0 Å². The van der Waals surface area contributed by atoms with Crippen molar-refractivity contribution in [3.63, 3.8) is 0 Å². The molecule has 2 nitrogen and oxygen atoms in total. The van der Waals surface area contributed by atoms with Crippen LogP contribution in [0, 0.1) is 6.07 Å².